The Kier molecular flexibility index (Phi) is 18.6. The summed E-state index contributed by atoms with van der Waals surface area (Å²) in [6.07, 6.45) is 24.9. The van der Waals surface area contributed by atoms with Crippen molar-refractivity contribution in [2.24, 2.45) is 0 Å². The molecule has 0 bridgehead atoms. The molecule has 0 spiro atoms. The molecule has 0 fully saturated rings. The molecule has 0 saturated heterocycles. The summed E-state index contributed by atoms with van der Waals surface area (Å²) in [6.45, 7) is 4.18. The van der Waals surface area contributed by atoms with E-state index in [9.17, 15) is 14.7 Å². The summed E-state index contributed by atoms with van der Waals surface area (Å²) in [6, 6.07) is -0.683. The normalized spacial score (nSPS) is 12.7. The second kappa shape index (κ2) is 19.7. The maximum atomic E-state index is 12.2. The molecule has 4 heteroatoms. The van der Waals surface area contributed by atoms with Crippen LogP contribution in [0.5, 0.6) is 0 Å². The fourth-order valence-corrected chi connectivity index (χ4v) is 3.37. The largest absolute Gasteiger partial charge is 0.480 e. The Balaban J connectivity index is 3.60. The third kappa shape index (κ3) is 16.0. The summed E-state index contributed by atoms with van der Waals surface area (Å²) in [7, 11) is 1.62. The predicted molar refractivity (Wildman–Crippen MR) is 123 cm³/mol. The van der Waals surface area contributed by atoms with Crippen molar-refractivity contribution in [3.8, 4) is 0 Å². The number of carbonyl (C=O) groups excluding carboxylic acids is 1. The molecule has 29 heavy (non-hydrogen) atoms. The van der Waals surface area contributed by atoms with Gasteiger partial charge in [-0.15, -0.1) is 0 Å². The van der Waals surface area contributed by atoms with E-state index in [-0.39, 0.29) is 5.91 Å². The molecule has 0 aliphatic rings. The second-order valence-electron chi connectivity index (χ2n) is 7.98. The average Bonchev–Trinajstić information content (AvgIpc) is 2.70. The van der Waals surface area contributed by atoms with Crippen molar-refractivity contribution in [3.63, 3.8) is 0 Å². The van der Waals surface area contributed by atoms with E-state index in [0.717, 1.165) is 38.5 Å². The summed E-state index contributed by atoms with van der Waals surface area (Å²) < 4.78 is 0. The van der Waals surface area contributed by atoms with Crippen molar-refractivity contribution in [3.05, 3.63) is 24.3 Å². The van der Waals surface area contributed by atoms with Crippen molar-refractivity contribution in [2.75, 3.05) is 7.05 Å². The monoisotopic (exact) mass is 407 g/mol. The summed E-state index contributed by atoms with van der Waals surface area (Å²) in [4.78, 5) is 24.8. The first-order chi connectivity index (χ1) is 14.0. The molecule has 0 rings (SSSR count). The molecule has 1 atom stereocenters. The quantitative estimate of drug-likeness (QED) is 0.187. The Labute approximate surface area is 179 Å². The van der Waals surface area contributed by atoms with Crippen LogP contribution in [-0.4, -0.2) is 35.0 Å². The zero-order chi connectivity index (χ0) is 21.7. The molecule has 4 nitrogen and oxygen atoms in total. The summed E-state index contributed by atoms with van der Waals surface area (Å²) in [5.41, 5.74) is 0. The molecule has 0 aromatic rings. The first kappa shape index (κ1) is 27.4. The molecule has 168 valence electrons. The first-order valence-corrected chi connectivity index (χ1v) is 11.8. The van der Waals surface area contributed by atoms with Gasteiger partial charge in [0.1, 0.15) is 6.04 Å². The van der Waals surface area contributed by atoms with Gasteiger partial charge >= 0.3 is 5.97 Å². The van der Waals surface area contributed by atoms with Crippen molar-refractivity contribution in [1.82, 2.24) is 4.90 Å². The van der Waals surface area contributed by atoms with E-state index in [2.05, 4.69) is 31.2 Å². The molecule has 0 aliphatic heterocycles. The Morgan fingerprint density at radius 3 is 1.90 bits per heavy atom. The van der Waals surface area contributed by atoms with Crippen LogP contribution in [0.3, 0.4) is 0 Å². The molecule has 1 unspecified atom stereocenters. The predicted octanol–water partition coefficient (Wildman–Crippen LogP) is 6.90. The third-order valence-electron chi connectivity index (χ3n) is 5.30. The van der Waals surface area contributed by atoms with Crippen LogP contribution >= 0.6 is 0 Å². The van der Waals surface area contributed by atoms with Gasteiger partial charge in [0.25, 0.3) is 0 Å². The van der Waals surface area contributed by atoms with E-state index in [1.165, 1.54) is 49.8 Å². The lowest BCUT2D eigenvalue weighted by Gasteiger charge is -2.24. The number of carboxylic acid groups (broad SMARTS) is 1. The number of carbonyl (C=O) groups is 2. The highest BCUT2D eigenvalue weighted by atomic mass is 16.4. The fraction of sp³-hybridized carbons (Fsp3) is 0.760. The lowest BCUT2D eigenvalue weighted by atomic mass is 10.1. The highest BCUT2D eigenvalue weighted by Crippen LogP contribution is 2.12. The van der Waals surface area contributed by atoms with Crippen molar-refractivity contribution >= 4 is 11.9 Å². The molecule has 1 amide bonds. The van der Waals surface area contributed by atoms with Crippen LogP contribution < -0.4 is 0 Å². The molecule has 0 heterocycles. The van der Waals surface area contributed by atoms with E-state index in [4.69, 9.17) is 0 Å². The van der Waals surface area contributed by atoms with Gasteiger partial charge in [-0.05, 0) is 44.9 Å². The lowest BCUT2D eigenvalue weighted by Crippen LogP contribution is -2.42. The van der Waals surface area contributed by atoms with E-state index in [0.29, 0.717) is 12.8 Å². The number of unbranched alkanes of at least 4 members (excludes halogenated alkanes) is 9. The van der Waals surface area contributed by atoms with Crippen LogP contribution in [0, 0.1) is 0 Å². The number of rotatable bonds is 19. The Morgan fingerprint density at radius 2 is 1.34 bits per heavy atom. The Bertz CT molecular complexity index is 471. The number of hydrogen-bond acceptors (Lipinski definition) is 2. The molecule has 0 radical (unpaired) electrons. The van der Waals surface area contributed by atoms with E-state index in [1.54, 1.807) is 7.05 Å². The summed E-state index contributed by atoms with van der Waals surface area (Å²) in [5, 5.41) is 9.23. The van der Waals surface area contributed by atoms with Crippen LogP contribution in [0.1, 0.15) is 110 Å². The van der Waals surface area contributed by atoms with Crippen LogP contribution in [0.4, 0.5) is 0 Å². The number of hydrogen-bond donors (Lipinski definition) is 1. The molecular weight excluding hydrogens is 362 g/mol. The number of allylic oxidation sites excluding steroid dienone is 4. The minimum atomic E-state index is -0.903. The Hall–Kier alpha value is -1.58. The second-order valence-corrected chi connectivity index (χ2v) is 7.98. The fourth-order valence-electron chi connectivity index (χ4n) is 3.37. The summed E-state index contributed by atoms with van der Waals surface area (Å²) in [5.74, 6) is -0.949. The highest BCUT2D eigenvalue weighted by molar-refractivity contribution is 5.83. The number of carboxylic acids is 1. The molecule has 0 aliphatic carbocycles. The zero-order valence-corrected chi connectivity index (χ0v) is 19.2. The van der Waals surface area contributed by atoms with Crippen LogP contribution in [-0.2, 0) is 9.59 Å². The SMILES string of the molecule is CCCCC/C=C\C/C=C\CCCCCCCCC(=O)N(C)C(CCC)C(=O)O. The van der Waals surface area contributed by atoms with Gasteiger partial charge in [-0.2, -0.15) is 0 Å². The lowest BCUT2D eigenvalue weighted by molar-refractivity contribution is -0.149. The average molecular weight is 408 g/mol. The smallest absolute Gasteiger partial charge is 0.326 e. The topological polar surface area (TPSA) is 57.6 Å². The van der Waals surface area contributed by atoms with Gasteiger partial charge in [0.05, 0.1) is 0 Å². The molecule has 0 aromatic heterocycles. The van der Waals surface area contributed by atoms with E-state index in [1.807, 2.05) is 6.92 Å². The first-order valence-electron chi connectivity index (χ1n) is 11.8. The minimum Gasteiger partial charge on any atom is -0.480 e. The van der Waals surface area contributed by atoms with Gasteiger partial charge in [-0.1, -0.05) is 83.1 Å². The van der Waals surface area contributed by atoms with Crippen molar-refractivity contribution in [1.29, 1.82) is 0 Å². The molecule has 0 saturated carbocycles. The van der Waals surface area contributed by atoms with Crippen LogP contribution in [0.15, 0.2) is 24.3 Å². The maximum Gasteiger partial charge on any atom is 0.326 e. The van der Waals surface area contributed by atoms with Crippen molar-refractivity contribution in [2.45, 2.75) is 116 Å². The van der Waals surface area contributed by atoms with Crippen LogP contribution in [0.2, 0.25) is 0 Å². The Morgan fingerprint density at radius 1 is 0.793 bits per heavy atom. The van der Waals surface area contributed by atoms with E-state index < -0.39 is 12.0 Å². The molecule has 1 N–H and O–H groups in total. The van der Waals surface area contributed by atoms with E-state index >= 15 is 0 Å². The van der Waals surface area contributed by atoms with Gasteiger partial charge in [-0.25, -0.2) is 4.79 Å². The van der Waals surface area contributed by atoms with Crippen LogP contribution in [0.25, 0.3) is 0 Å². The number of amides is 1. The highest BCUT2D eigenvalue weighted by Gasteiger charge is 2.24. The number of nitrogens with zero attached hydrogens (tertiary/aromatic N) is 1. The minimum absolute atomic E-state index is 0.0459. The number of likely N-dealkylation sites (N-methyl/N-ethyl adjacent to an activating group) is 1. The zero-order valence-electron chi connectivity index (χ0n) is 19.2. The summed E-state index contributed by atoms with van der Waals surface area (Å²) >= 11 is 0. The maximum absolute atomic E-state index is 12.2. The van der Waals surface area contributed by atoms with Gasteiger partial charge in [0.15, 0.2) is 0 Å². The molecule has 0 aromatic carbocycles. The van der Waals surface area contributed by atoms with Gasteiger partial charge in [-0.3, -0.25) is 4.79 Å². The van der Waals surface area contributed by atoms with Crippen molar-refractivity contribution < 1.29 is 14.7 Å². The standard InChI is InChI=1S/C25H45NO3/c1-4-6-7-8-9-10-11-12-13-14-15-16-17-18-19-20-22-24(27)26(3)23(21-5-2)25(28)29/h9-10,12-13,23H,4-8,11,14-22H2,1-3H3,(H,28,29)/b10-9-,13-12-. The van der Waals surface area contributed by atoms with Gasteiger partial charge < -0.3 is 10.0 Å². The molecular formula is C25H45NO3. The van der Waals surface area contributed by atoms with Gasteiger partial charge in [0, 0.05) is 13.5 Å². The number of aliphatic carboxylic acids is 1. The third-order valence-corrected chi connectivity index (χ3v) is 5.30. The van der Waals surface area contributed by atoms with Gasteiger partial charge in [0.2, 0.25) is 5.91 Å².